The van der Waals surface area contributed by atoms with Crippen molar-refractivity contribution in [3.8, 4) is 16.9 Å². The van der Waals surface area contributed by atoms with Crippen molar-refractivity contribution in [1.29, 1.82) is 0 Å². The van der Waals surface area contributed by atoms with Crippen molar-refractivity contribution in [3.63, 3.8) is 0 Å². The number of halogens is 6. The summed E-state index contributed by atoms with van der Waals surface area (Å²) in [5, 5.41) is 3.67. The molecule has 1 aromatic heterocycles. The maximum Gasteiger partial charge on any atom is 0.416 e. The van der Waals surface area contributed by atoms with Crippen molar-refractivity contribution in [1.82, 2.24) is 9.78 Å². The standard InChI is InChI=1S/C19H14F6N2O2S/c1-10-3-4-11(7-13(10)19(23,24)25)16-9-15(18(21)22)26-27(16)12-5-6-17(14(20)8-12)30(2,28)29/h3-9,18H,1-2H3. The Morgan fingerprint density at radius 1 is 1.03 bits per heavy atom. The molecule has 4 nitrogen and oxygen atoms in total. The van der Waals surface area contributed by atoms with Crippen LogP contribution in [0, 0.1) is 12.7 Å². The molecule has 0 aliphatic heterocycles. The second kappa shape index (κ2) is 7.46. The average Bonchev–Trinajstić information content (AvgIpc) is 3.05. The fraction of sp³-hybridized carbons (Fsp3) is 0.211. The van der Waals surface area contributed by atoms with Crippen LogP contribution in [0.4, 0.5) is 26.3 Å². The summed E-state index contributed by atoms with van der Waals surface area (Å²) in [6.45, 7) is 1.26. The lowest BCUT2D eigenvalue weighted by Gasteiger charge is -2.13. The topological polar surface area (TPSA) is 52.0 Å². The van der Waals surface area contributed by atoms with Gasteiger partial charge < -0.3 is 0 Å². The molecule has 1 heterocycles. The van der Waals surface area contributed by atoms with E-state index in [4.69, 9.17) is 0 Å². The Bertz CT molecular complexity index is 1220. The van der Waals surface area contributed by atoms with Gasteiger partial charge >= 0.3 is 6.18 Å². The van der Waals surface area contributed by atoms with E-state index < -0.39 is 44.4 Å². The third-order valence-electron chi connectivity index (χ3n) is 4.35. The smallest absolute Gasteiger partial charge is 0.233 e. The van der Waals surface area contributed by atoms with E-state index >= 15 is 0 Å². The van der Waals surface area contributed by atoms with Gasteiger partial charge in [-0.15, -0.1) is 0 Å². The predicted octanol–water partition coefficient (Wildman–Crippen LogP) is 5.35. The van der Waals surface area contributed by atoms with Crippen molar-refractivity contribution in [2.24, 2.45) is 0 Å². The molecule has 11 heteroatoms. The number of benzene rings is 2. The molecule has 160 valence electrons. The van der Waals surface area contributed by atoms with Crippen LogP contribution < -0.4 is 0 Å². The molecule has 0 fully saturated rings. The van der Waals surface area contributed by atoms with Gasteiger partial charge in [-0.3, -0.25) is 0 Å². The summed E-state index contributed by atoms with van der Waals surface area (Å²) in [5.41, 5.74) is -2.08. The first-order chi connectivity index (χ1) is 13.8. The van der Waals surface area contributed by atoms with Crippen LogP contribution in [0.25, 0.3) is 16.9 Å². The van der Waals surface area contributed by atoms with E-state index in [1.807, 2.05) is 0 Å². The largest absolute Gasteiger partial charge is 0.416 e. The number of aromatic nitrogens is 2. The second-order valence-electron chi connectivity index (χ2n) is 6.58. The summed E-state index contributed by atoms with van der Waals surface area (Å²) in [6.07, 6.45) is -6.90. The highest BCUT2D eigenvalue weighted by Crippen LogP contribution is 2.36. The molecule has 3 aromatic rings. The molecular formula is C19H14F6N2O2S. The first-order valence-corrected chi connectivity index (χ1v) is 10.2. The summed E-state index contributed by atoms with van der Waals surface area (Å²) >= 11 is 0. The Kier molecular flexibility index (Phi) is 5.44. The van der Waals surface area contributed by atoms with E-state index in [0.29, 0.717) is 0 Å². The van der Waals surface area contributed by atoms with Crippen molar-refractivity contribution >= 4 is 9.84 Å². The summed E-state index contributed by atoms with van der Waals surface area (Å²) in [5.74, 6) is -1.14. The van der Waals surface area contributed by atoms with Crippen LogP contribution in [0.15, 0.2) is 47.4 Å². The quantitative estimate of drug-likeness (QED) is 0.506. The highest BCUT2D eigenvalue weighted by molar-refractivity contribution is 7.90. The number of hydrogen-bond donors (Lipinski definition) is 0. The fourth-order valence-electron chi connectivity index (χ4n) is 2.92. The summed E-state index contributed by atoms with van der Waals surface area (Å²) in [4.78, 5) is -0.608. The van der Waals surface area contributed by atoms with Gasteiger partial charge in [0.15, 0.2) is 9.84 Å². The van der Waals surface area contributed by atoms with Gasteiger partial charge in [-0.1, -0.05) is 12.1 Å². The molecule has 3 rings (SSSR count). The molecule has 2 aromatic carbocycles. The maximum absolute atomic E-state index is 14.3. The lowest BCUT2D eigenvalue weighted by Crippen LogP contribution is -2.08. The first kappa shape index (κ1) is 21.9. The summed E-state index contributed by atoms with van der Waals surface area (Å²) in [7, 11) is -3.88. The lowest BCUT2D eigenvalue weighted by atomic mass is 10.0. The van der Waals surface area contributed by atoms with Gasteiger partial charge in [-0.05, 0) is 36.8 Å². The zero-order chi connectivity index (χ0) is 22.4. The van der Waals surface area contributed by atoms with Gasteiger partial charge in [0.2, 0.25) is 0 Å². The van der Waals surface area contributed by atoms with Gasteiger partial charge in [0.25, 0.3) is 6.43 Å². The Labute approximate surface area is 167 Å². The van der Waals surface area contributed by atoms with Crippen molar-refractivity contribution in [2.45, 2.75) is 24.4 Å². The Morgan fingerprint density at radius 2 is 1.70 bits per heavy atom. The van der Waals surface area contributed by atoms with Gasteiger partial charge in [0.1, 0.15) is 16.4 Å². The number of sulfone groups is 1. The molecule has 0 amide bonds. The van der Waals surface area contributed by atoms with Crippen LogP contribution in [-0.4, -0.2) is 24.5 Å². The van der Waals surface area contributed by atoms with Crippen molar-refractivity contribution in [3.05, 3.63) is 65.1 Å². The molecule has 0 atom stereocenters. The number of aryl methyl sites for hydroxylation is 1. The highest BCUT2D eigenvalue weighted by Gasteiger charge is 2.33. The molecule has 0 saturated heterocycles. The monoisotopic (exact) mass is 448 g/mol. The molecule has 0 radical (unpaired) electrons. The zero-order valence-electron chi connectivity index (χ0n) is 15.5. The van der Waals surface area contributed by atoms with Crippen LogP contribution >= 0.6 is 0 Å². The second-order valence-corrected chi connectivity index (χ2v) is 8.57. The minimum Gasteiger partial charge on any atom is -0.233 e. The van der Waals surface area contributed by atoms with E-state index in [9.17, 15) is 34.8 Å². The molecule has 0 aliphatic carbocycles. The van der Waals surface area contributed by atoms with E-state index in [2.05, 4.69) is 5.10 Å². The Balaban J connectivity index is 2.23. The Morgan fingerprint density at radius 3 is 2.23 bits per heavy atom. The normalized spacial score (nSPS) is 12.6. The zero-order valence-corrected chi connectivity index (χ0v) is 16.3. The molecule has 0 aliphatic rings. The van der Waals surface area contributed by atoms with E-state index in [0.717, 1.165) is 41.3 Å². The number of alkyl halides is 5. The van der Waals surface area contributed by atoms with Crippen molar-refractivity contribution < 1.29 is 34.8 Å². The van der Waals surface area contributed by atoms with Crippen LogP contribution in [0.1, 0.15) is 23.2 Å². The number of nitrogens with zero attached hydrogens (tertiary/aromatic N) is 2. The molecule has 0 bridgehead atoms. The maximum atomic E-state index is 14.3. The van der Waals surface area contributed by atoms with E-state index in [1.54, 1.807) is 0 Å². The third-order valence-corrected chi connectivity index (χ3v) is 5.48. The predicted molar refractivity (Wildman–Crippen MR) is 96.8 cm³/mol. The van der Waals surface area contributed by atoms with Crippen LogP contribution in [0.5, 0.6) is 0 Å². The molecule has 0 saturated carbocycles. The SMILES string of the molecule is Cc1ccc(-c2cc(C(F)F)nn2-c2ccc(S(C)(=O)=O)c(F)c2)cc1C(F)(F)F. The minimum absolute atomic E-state index is 0.0602. The fourth-order valence-corrected chi connectivity index (χ4v) is 3.65. The number of hydrogen-bond acceptors (Lipinski definition) is 3. The average molecular weight is 448 g/mol. The minimum atomic E-state index is -4.67. The highest BCUT2D eigenvalue weighted by atomic mass is 32.2. The van der Waals surface area contributed by atoms with Gasteiger partial charge in [0, 0.05) is 17.9 Å². The molecule has 0 N–H and O–H groups in total. The molecular weight excluding hydrogens is 434 g/mol. The van der Waals surface area contributed by atoms with Crippen LogP contribution in [0.3, 0.4) is 0 Å². The molecule has 0 spiro atoms. The number of rotatable bonds is 4. The third kappa shape index (κ3) is 4.20. The van der Waals surface area contributed by atoms with Crippen molar-refractivity contribution in [2.75, 3.05) is 6.26 Å². The van der Waals surface area contributed by atoms with Crippen LogP contribution in [0.2, 0.25) is 0 Å². The molecule has 30 heavy (non-hydrogen) atoms. The van der Waals surface area contributed by atoms with Gasteiger partial charge in [0.05, 0.1) is 16.9 Å². The van der Waals surface area contributed by atoms with E-state index in [1.165, 1.54) is 19.1 Å². The van der Waals surface area contributed by atoms with Gasteiger partial charge in [-0.25, -0.2) is 26.3 Å². The van der Waals surface area contributed by atoms with Gasteiger partial charge in [-0.2, -0.15) is 18.3 Å². The van der Waals surface area contributed by atoms with E-state index in [-0.39, 0.29) is 22.5 Å². The summed E-state index contributed by atoms with van der Waals surface area (Å²) < 4.78 is 105. The summed E-state index contributed by atoms with van der Waals surface area (Å²) in [6, 6.07) is 7.01. The van der Waals surface area contributed by atoms with Crippen LogP contribution in [-0.2, 0) is 16.0 Å². The molecule has 0 unspecified atom stereocenters. The Hall–Kier alpha value is -2.82. The first-order valence-electron chi connectivity index (χ1n) is 8.35. The lowest BCUT2D eigenvalue weighted by molar-refractivity contribution is -0.138.